The number of aryl methyl sites for hydroxylation is 2. The van der Waals surface area contributed by atoms with E-state index in [2.05, 4.69) is 36.8 Å². The molecule has 0 aromatic heterocycles. The predicted molar refractivity (Wildman–Crippen MR) is 167 cm³/mol. The SMILES string of the molecule is CN1CCC2=C(C1)c1c(OC(=O)CCCN3CCOCC3)cc(CCCCCc3ccc(F)c(F)c3)cc1OC2(C)C.Cl. The number of morpholine rings is 1. The molecule has 43 heavy (non-hydrogen) atoms. The van der Waals surface area contributed by atoms with E-state index in [-0.39, 0.29) is 18.4 Å². The highest BCUT2D eigenvalue weighted by Crippen LogP contribution is 2.48. The quantitative estimate of drug-likeness (QED) is 0.160. The summed E-state index contributed by atoms with van der Waals surface area (Å²) in [5.74, 6) is -0.447. The molecule has 0 saturated carbocycles. The lowest BCUT2D eigenvalue weighted by atomic mass is 9.81. The Hall–Kier alpha value is -2.52. The van der Waals surface area contributed by atoms with Crippen molar-refractivity contribution in [3.05, 3.63) is 64.2 Å². The molecule has 1 saturated heterocycles. The normalized spacial score (nSPS) is 18.3. The third-order valence-electron chi connectivity index (χ3n) is 8.65. The van der Waals surface area contributed by atoms with E-state index in [1.54, 1.807) is 6.07 Å². The van der Waals surface area contributed by atoms with Gasteiger partial charge in [-0.2, -0.15) is 0 Å². The van der Waals surface area contributed by atoms with Gasteiger partial charge in [0, 0.05) is 32.6 Å². The Bertz CT molecular complexity index is 1310. The van der Waals surface area contributed by atoms with Crippen LogP contribution in [0, 0.1) is 11.6 Å². The number of carbonyl (C=O) groups excluding carboxylic acids is 1. The van der Waals surface area contributed by atoms with Gasteiger partial charge in [-0.1, -0.05) is 12.5 Å². The molecule has 0 spiro atoms. The van der Waals surface area contributed by atoms with Gasteiger partial charge < -0.3 is 19.1 Å². The Balaban J connectivity index is 0.00000423. The minimum atomic E-state index is -0.812. The predicted octanol–water partition coefficient (Wildman–Crippen LogP) is 6.62. The minimum absolute atomic E-state index is 0. The third kappa shape index (κ3) is 8.56. The smallest absolute Gasteiger partial charge is 0.311 e. The van der Waals surface area contributed by atoms with Crippen LogP contribution >= 0.6 is 12.4 Å². The molecule has 3 aliphatic heterocycles. The molecule has 0 aliphatic carbocycles. The van der Waals surface area contributed by atoms with Crippen molar-refractivity contribution in [2.45, 2.75) is 70.8 Å². The lowest BCUT2D eigenvalue weighted by Crippen LogP contribution is -2.41. The number of rotatable bonds is 11. The molecule has 6 nitrogen and oxygen atoms in total. The fourth-order valence-electron chi connectivity index (χ4n) is 6.35. The van der Waals surface area contributed by atoms with Crippen LogP contribution in [-0.4, -0.2) is 74.4 Å². The molecule has 5 rings (SSSR count). The maximum absolute atomic E-state index is 13.5. The van der Waals surface area contributed by atoms with Crippen LogP contribution < -0.4 is 9.47 Å². The van der Waals surface area contributed by atoms with Crippen molar-refractivity contribution in [1.82, 2.24) is 9.80 Å². The summed E-state index contributed by atoms with van der Waals surface area (Å²) in [6, 6.07) is 8.25. The average Bonchev–Trinajstić information content (AvgIpc) is 2.94. The molecule has 0 radical (unpaired) electrons. The van der Waals surface area contributed by atoms with Crippen molar-refractivity contribution in [2.75, 3.05) is 53.0 Å². The molecule has 0 atom stereocenters. The number of benzene rings is 2. The second-order valence-corrected chi connectivity index (χ2v) is 12.4. The van der Waals surface area contributed by atoms with E-state index in [9.17, 15) is 13.6 Å². The fraction of sp³-hybridized carbons (Fsp3) is 0.559. The topological polar surface area (TPSA) is 51.2 Å². The molecule has 2 aromatic carbocycles. The zero-order chi connectivity index (χ0) is 29.7. The first-order chi connectivity index (χ1) is 20.2. The van der Waals surface area contributed by atoms with Crippen molar-refractivity contribution >= 4 is 23.9 Å². The van der Waals surface area contributed by atoms with Gasteiger partial charge in [-0.3, -0.25) is 9.69 Å². The lowest BCUT2D eigenvalue weighted by molar-refractivity contribution is -0.134. The van der Waals surface area contributed by atoms with Gasteiger partial charge in [-0.25, -0.2) is 8.78 Å². The van der Waals surface area contributed by atoms with E-state index in [1.165, 1.54) is 23.3 Å². The minimum Gasteiger partial charge on any atom is -0.483 e. The van der Waals surface area contributed by atoms with E-state index in [4.69, 9.17) is 14.2 Å². The number of hydrogen-bond donors (Lipinski definition) is 0. The Labute approximate surface area is 260 Å². The molecule has 3 heterocycles. The molecule has 0 N–H and O–H groups in total. The van der Waals surface area contributed by atoms with E-state index in [1.807, 2.05) is 6.07 Å². The van der Waals surface area contributed by atoms with Crippen molar-refractivity contribution in [1.29, 1.82) is 0 Å². The first-order valence-electron chi connectivity index (χ1n) is 15.4. The van der Waals surface area contributed by atoms with E-state index < -0.39 is 17.2 Å². The summed E-state index contributed by atoms with van der Waals surface area (Å²) >= 11 is 0. The highest BCUT2D eigenvalue weighted by molar-refractivity contribution is 5.85. The summed E-state index contributed by atoms with van der Waals surface area (Å²) in [4.78, 5) is 17.7. The molecule has 236 valence electrons. The lowest BCUT2D eigenvalue weighted by Gasteiger charge is -2.42. The molecule has 0 amide bonds. The molecular weight excluding hydrogens is 574 g/mol. The Morgan fingerprint density at radius 2 is 1.70 bits per heavy atom. The number of carbonyl (C=O) groups is 1. The van der Waals surface area contributed by atoms with Gasteiger partial charge in [0.2, 0.25) is 0 Å². The number of likely N-dealkylation sites (N-methyl/N-ethyl adjacent to an activating group) is 1. The first kappa shape index (κ1) is 33.4. The van der Waals surface area contributed by atoms with Gasteiger partial charge in [-0.05, 0) is 113 Å². The summed E-state index contributed by atoms with van der Waals surface area (Å²) in [5, 5.41) is 0. The van der Waals surface area contributed by atoms with Gasteiger partial charge in [0.1, 0.15) is 17.1 Å². The van der Waals surface area contributed by atoms with E-state index >= 15 is 0 Å². The van der Waals surface area contributed by atoms with Crippen molar-refractivity contribution in [3.63, 3.8) is 0 Å². The van der Waals surface area contributed by atoms with Crippen LogP contribution in [0.25, 0.3) is 5.57 Å². The highest BCUT2D eigenvalue weighted by atomic mass is 35.5. The van der Waals surface area contributed by atoms with Crippen LogP contribution in [0.2, 0.25) is 0 Å². The van der Waals surface area contributed by atoms with Crippen LogP contribution in [0.15, 0.2) is 35.9 Å². The largest absolute Gasteiger partial charge is 0.483 e. The number of unbranched alkanes of at least 4 members (excludes halogenated alkanes) is 2. The first-order valence-corrected chi connectivity index (χ1v) is 15.4. The summed E-state index contributed by atoms with van der Waals surface area (Å²) in [6.07, 6.45) is 6.29. The van der Waals surface area contributed by atoms with Crippen molar-refractivity contribution in [3.8, 4) is 11.5 Å². The van der Waals surface area contributed by atoms with Crippen molar-refractivity contribution < 1.29 is 27.8 Å². The highest BCUT2D eigenvalue weighted by Gasteiger charge is 2.39. The van der Waals surface area contributed by atoms with Crippen molar-refractivity contribution in [2.24, 2.45) is 0 Å². The molecule has 0 bridgehead atoms. The summed E-state index contributed by atoms with van der Waals surface area (Å²) in [5.41, 5.74) is 4.86. The van der Waals surface area contributed by atoms with Gasteiger partial charge in [0.05, 0.1) is 18.8 Å². The van der Waals surface area contributed by atoms with E-state index in [0.29, 0.717) is 18.6 Å². The second kappa shape index (κ2) is 15.0. The van der Waals surface area contributed by atoms with Crippen LogP contribution in [0.3, 0.4) is 0 Å². The molecule has 1 fully saturated rings. The Kier molecular flexibility index (Phi) is 11.6. The number of hydrogen-bond acceptors (Lipinski definition) is 6. The molecule has 0 unspecified atom stereocenters. The zero-order valence-corrected chi connectivity index (χ0v) is 26.5. The van der Waals surface area contributed by atoms with Crippen LogP contribution in [0.4, 0.5) is 8.78 Å². The fourth-order valence-corrected chi connectivity index (χ4v) is 6.35. The third-order valence-corrected chi connectivity index (χ3v) is 8.65. The molecule has 2 aromatic rings. The van der Waals surface area contributed by atoms with Gasteiger partial charge in [0.25, 0.3) is 0 Å². The van der Waals surface area contributed by atoms with Gasteiger partial charge >= 0.3 is 5.97 Å². The van der Waals surface area contributed by atoms with E-state index in [0.717, 1.165) is 107 Å². The molecule has 9 heteroatoms. The molecule has 3 aliphatic rings. The number of ether oxygens (including phenoxy) is 3. The second-order valence-electron chi connectivity index (χ2n) is 12.4. The van der Waals surface area contributed by atoms with Gasteiger partial charge in [0.15, 0.2) is 11.6 Å². The summed E-state index contributed by atoms with van der Waals surface area (Å²) < 4.78 is 44.9. The van der Waals surface area contributed by atoms with Gasteiger partial charge in [-0.15, -0.1) is 12.4 Å². The maximum Gasteiger partial charge on any atom is 0.311 e. The number of halogens is 3. The average molecular weight is 619 g/mol. The molecular formula is C34H45ClF2N2O4. The number of fused-ring (bicyclic) bond motifs is 2. The monoisotopic (exact) mass is 618 g/mol. The van der Waals surface area contributed by atoms with Crippen LogP contribution in [-0.2, 0) is 22.4 Å². The Morgan fingerprint density at radius 3 is 2.44 bits per heavy atom. The summed E-state index contributed by atoms with van der Waals surface area (Å²) in [7, 11) is 2.12. The maximum atomic E-state index is 13.5. The summed E-state index contributed by atoms with van der Waals surface area (Å²) in [6.45, 7) is 10.2. The number of esters is 1. The standard InChI is InChI=1S/C34H44F2N2O4.ClH/c1-34(2)27-13-15-37(3)23-26(27)33-30(41-32(39)10-7-14-38-16-18-40-19-17-38)21-25(22-31(33)42-34)9-6-4-5-8-24-11-12-28(35)29(36)20-24;/h11-12,20-22H,4-10,13-19,23H2,1-3H3;1H. The van der Waals surface area contributed by atoms with Crippen LogP contribution in [0.5, 0.6) is 11.5 Å². The number of nitrogens with zero attached hydrogens (tertiary/aromatic N) is 2. The zero-order valence-electron chi connectivity index (χ0n) is 25.7. The Morgan fingerprint density at radius 1 is 0.953 bits per heavy atom. The van der Waals surface area contributed by atoms with Crippen LogP contribution in [0.1, 0.15) is 69.1 Å².